The first-order chi connectivity index (χ1) is 11.1. The van der Waals surface area contributed by atoms with Crippen LogP contribution in [0.3, 0.4) is 0 Å². The van der Waals surface area contributed by atoms with Gasteiger partial charge in [0.15, 0.2) is 0 Å². The lowest BCUT2D eigenvalue weighted by Gasteiger charge is -2.37. The first-order valence-electron chi connectivity index (χ1n) is 8.03. The van der Waals surface area contributed by atoms with Gasteiger partial charge in [-0.2, -0.15) is 0 Å². The molecule has 0 amide bonds. The van der Waals surface area contributed by atoms with Gasteiger partial charge in [-0.25, -0.2) is 0 Å². The highest BCUT2D eigenvalue weighted by Gasteiger charge is 2.44. The van der Waals surface area contributed by atoms with E-state index in [0.29, 0.717) is 12.5 Å². The van der Waals surface area contributed by atoms with Gasteiger partial charge in [-0.05, 0) is 55.8 Å². The lowest BCUT2D eigenvalue weighted by atomic mass is 9.80. The number of rotatable bonds is 3. The van der Waals surface area contributed by atoms with Gasteiger partial charge in [-0.1, -0.05) is 23.7 Å². The van der Waals surface area contributed by atoms with Gasteiger partial charge in [-0.3, -0.25) is 0 Å². The standard InChI is InChI=1S/C19H20ClNO2/c1-19-12-23-18-7-6-15(10-16(18)17(19)8-9-21-19)22-11-13-2-4-14(20)5-3-13/h2-7,10,17,21H,8-9,11-12H2,1H3/t17-,19+/m0/s1. The molecule has 2 aliphatic heterocycles. The molecule has 2 atom stereocenters. The summed E-state index contributed by atoms with van der Waals surface area (Å²) in [5, 5.41) is 4.32. The minimum Gasteiger partial charge on any atom is -0.491 e. The average molecular weight is 330 g/mol. The second-order valence-corrected chi connectivity index (χ2v) is 7.03. The molecule has 0 radical (unpaired) electrons. The van der Waals surface area contributed by atoms with Gasteiger partial charge >= 0.3 is 0 Å². The summed E-state index contributed by atoms with van der Waals surface area (Å²) in [7, 11) is 0. The number of nitrogens with one attached hydrogen (secondary N) is 1. The van der Waals surface area contributed by atoms with Crippen molar-refractivity contribution in [2.45, 2.75) is 31.4 Å². The van der Waals surface area contributed by atoms with Gasteiger partial charge in [0.2, 0.25) is 0 Å². The second kappa shape index (κ2) is 5.73. The smallest absolute Gasteiger partial charge is 0.123 e. The van der Waals surface area contributed by atoms with Crippen LogP contribution in [0.25, 0.3) is 0 Å². The maximum absolute atomic E-state index is 5.96. The Morgan fingerprint density at radius 3 is 2.91 bits per heavy atom. The van der Waals surface area contributed by atoms with Crippen LogP contribution in [0.1, 0.15) is 30.4 Å². The van der Waals surface area contributed by atoms with Crippen LogP contribution in [0.2, 0.25) is 5.02 Å². The molecular formula is C19H20ClNO2. The largest absolute Gasteiger partial charge is 0.491 e. The molecule has 120 valence electrons. The van der Waals surface area contributed by atoms with Crippen LogP contribution in [0.4, 0.5) is 0 Å². The molecular weight excluding hydrogens is 310 g/mol. The summed E-state index contributed by atoms with van der Waals surface area (Å²) < 4.78 is 11.9. The summed E-state index contributed by atoms with van der Waals surface area (Å²) in [6.07, 6.45) is 1.15. The maximum atomic E-state index is 5.96. The van der Waals surface area contributed by atoms with Gasteiger partial charge in [0, 0.05) is 16.5 Å². The summed E-state index contributed by atoms with van der Waals surface area (Å²) in [6.45, 7) is 4.56. The van der Waals surface area contributed by atoms with E-state index in [4.69, 9.17) is 21.1 Å². The van der Waals surface area contributed by atoms with Crippen LogP contribution < -0.4 is 14.8 Å². The molecule has 2 heterocycles. The van der Waals surface area contributed by atoms with Gasteiger partial charge < -0.3 is 14.8 Å². The Morgan fingerprint density at radius 1 is 1.26 bits per heavy atom. The predicted molar refractivity (Wildman–Crippen MR) is 91.5 cm³/mol. The van der Waals surface area contributed by atoms with Gasteiger partial charge in [0.25, 0.3) is 0 Å². The molecule has 0 saturated carbocycles. The Morgan fingerprint density at radius 2 is 2.09 bits per heavy atom. The fourth-order valence-electron chi connectivity index (χ4n) is 3.59. The zero-order valence-electron chi connectivity index (χ0n) is 13.1. The molecule has 1 fully saturated rings. The summed E-state index contributed by atoms with van der Waals surface area (Å²) >= 11 is 5.91. The van der Waals surface area contributed by atoms with Crippen molar-refractivity contribution in [1.82, 2.24) is 5.32 Å². The Labute approximate surface area is 141 Å². The van der Waals surface area contributed by atoms with E-state index in [1.165, 1.54) is 5.56 Å². The van der Waals surface area contributed by atoms with Gasteiger partial charge in [0.05, 0.1) is 5.54 Å². The highest BCUT2D eigenvalue weighted by atomic mass is 35.5. The van der Waals surface area contributed by atoms with Crippen molar-refractivity contribution in [3.63, 3.8) is 0 Å². The van der Waals surface area contributed by atoms with Crippen molar-refractivity contribution in [3.05, 3.63) is 58.6 Å². The van der Waals surface area contributed by atoms with Crippen LogP contribution in [-0.4, -0.2) is 18.7 Å². The third-order valence-corrected chi connectivity index (χ3v) is 5.19. The molecule has 4 heteroatoms. The number of benzene rings is 2. The van der Waals surface area contributed by atoms with Crippen molar-refractivity contribution >= 4 is 11.6 Å². The Balaban J connectivity index is 1.54. The number of fused-ring (bicyclic) bond motifs is 3. The van der Waals surface area contributed by atoms with Crippen LogP contribution >= 0.6 is 11.6 Å². The monoisotopic (exact) mass is 329 g/mol. The molecule has 2 aromatic carbocycles. The molecule has 2 aromatic rings. The van der Waals surface area contributed by atoms with Crippen LogP contribution in [-0.2, 0) is 6.61 Å². The molecule has 0 bridgehead atoms. The van der Waals surface area contributed by atoms with E-state index < -0.39 is 0 Å². The van der Waals surface area contributed by atoms with Crippen molar-refractivity contribution in [2.75, 3.05) is 13.2 Å². The van der Waals surface area contributed by atoms with E-state index in [1.807, 2.05) is 36.4 Å². The molecule has 23 heavy (non-hydrogen) atoms. The van der Waals surface area contributed by atoms with Crippen LogP contribution in [0.5, 0.6) is 11.5 Å². The van der Waals surface area contributed by atoms with Gasteiger partial charge in [0.1, 0.15) is 24.7 Å². The molecule has 1 saturated heterocycles. The molecule has 0 spiro atoms. The quantitative estimate of drug-likeness (QED) is 0.917. The molecule has 0 aromatic heterocycles. The topological polar surface area (TPSA) is 30.5 Å². The summed E-state index contributed by atoms with van der Waals surface area (Å²) in [6, 6.07) is 13.9. The minimum atomic E-state index is 0.0435. The highest BCUT2D eigenvalue weighted by Crippen LogP contribution is 2.45. The molecule has 2 aliphatic rings. The SMILES string of the molecule is C[C@@]12COc3ccc(OCc4ccc(Cl)cc4)cc3[C@@H]1CCN2. The number of halogens is 1. The van der Waals surface area contributed by atoms with Crippen molar-refractivity contribution in [3.8, 4) is 11.5 Å². The molecule has 3 nitrogen and oxygen atoms in total. The van der Waals surface area contributed by atoms with E-state index in [2.05, 4.69) is 18.3 Å². The Hall–Kier alpha value is -1.71. The number of ether oxygens (including phenoxy) is 2. The van der Waals surface area contributed by atoms with Gasteiger partial charge in [-0.15, -0.1) is 0 Å². The zero-order valence-corrected chi connectivity index (χ0v) is 13.9. The fraction of sp³-hybridized carbons (Fsp3) is 0.368. The van der Waals surface area contributed by atoms with E-state index in [-0.39, 0.29) is 5.54 Å². The molecule has 4 rings (SSSR count). The highest BCUT2D eigenvalue weighted by molar-refractivity contribution is 6.30. The normalized spacial score (nSPS) is 25.4. The van der Waals surface area contributed by atoms with Crippen molar-refractivity contribution < 1.29 is 9.47 Å². The van der Waals surface area contributed by atoms with Crippen LogP contribution in [0.15, 0.2) is 42.5 Å². The predicted octanol–water partition coefficient (Wildman–Crippen LogP) is 4.15. The fourth-order valence-corrected chi connectivity index (χ4v) is 3.72. The van der Waals surface area contributed by atoms with E-state index >= 15 is 0 Å². The molecule has 0 unspecified atom stereocenters. The zero-order chi connectivity index (χ0) is 15.9. The lowest BCUT2D eigenvalue weighted by Crippen LogP contribution is -2.48. The van der Waals surface area contributed by atoms with Crippen LogP contribution in [0, 0.1) is 0 Å². The molecule has 1 N–H and O–H groups in total. The summed E-state index contributed by atoms with van der Waals surface area (Å²) in [5.74, 6) is 2.37. The molecule has 0 aliphatic carbocycles. The van der Waals surface area contributed by atoms with E-state index in [1.54, 1.807) is 0 Å². The van der Waals surface area contributed by atoms with E-state index in [0.717, 1.165) is 41.7 Å². The number of hydrogen-bond donors (Lipinski definition) is 1. The van der Waals surface area contributed by atoms with Crippen molar-refractivity contribution in [1.29, 1.82) is 0 Å². The Kier molecular flexibility index (Phi) is 3.70. The number of hydrogen-bond acceptors (Lipinski definition) is 3. The first-order valence-corrected chi connectivity index (χ1v) is 8.41. The third kappa shape index (κ3) is 2.79. The third-order valence-electron chi connectivity index (χ3n) is 4.93. The second-order valence-electron chi connectivity index (χ2n) is 6.59. The van der Waals surface area contributed by atoms with Crippen molar-refractivity contribution in [2.24, 2.45) is 0 Å². The van der Waals surface area contributed by atoms with E-state index in [9.17, 15) is 0 Å². The lowest BCUT2D eigenvalue weighted by molar-refractivity contribution is 0.170. The summed E-state index contributed by atoms with van der Waals surface area (Å²) in [4.78, 5) is 0. The first kappa shape index (κ1) is 14.9. The average Bonchev–Trinajstić information content (AvgIpc) is 2.96. The minimum absolute atomic E-state index is 0.0435. The maximum Gasteiger partial charge on any atom is 0.123 e. The summed E-state index contributed by atoms with van der Waals surface area (Å²) in [5.41, 5.74) is 2.41. The Bertz CT molecular complexity index is 716.